The smallest absolute Gasteiger partial charge is 0.407 e. The van der Waals surface area contributed by atoms with E-state index in [1.165, 1.54) is 4.90 Å². The summed E-state index contributed by atoms with van der Waals surface area (Å²) in [4.78, 5) is 32.9. The number of benzene rings is 1. The second-order valence-corrected chi connectivity index (χ2v) is 8.76. The Balaban J connectivity index is 1.54. The number of carbonyl (C=O) groups is 1. The van der Waals surface area contributed by atoms with Crippen LogP contribution in [-0.4, -0.2) is 37.2 Å². The van der Waals surface area contributed by atoms with Crippen LogP contribution in [0.4, 0.5) is 4.79 Å². The van der Waals surface area contributed by atoms with E-state index in [2.05, 4.69) is 14.5 Å². The van der Waals surface area contributed by atoms with Crippen molar-refractivity contribution in [1.82, 2.24) is 19.4 Å². The van der Waals surface area contributed by atoms with Gasteiger partial charge in [0.2, 0.25) is 0 Å². The van der Waals surface area contributed by atoms with Gasteiger partial charge in [0.25, 0.3) is 5.56 Å². The van der Waals surface area contributed by atoms with E-state index in [1.54, 1.807) is 30.6 Å². The average Bonchev–Trinajstić information content (AvgIpc) is 2.97. The third kappa shape index (κ3) is 4.01. The molecule has 0 saturated heterocycles. The van der Waals surface area contributed by atoms with Crippen molar-refractivity contribution >= 4 is 28.6 Å². The molecule has 2 N–H and O–H groups in total. The van der Waals surface area contributed by atoms with E-state index in [0.717, 1.165) is 40.6 Å². The monoisotopic (exact) mass is 478 g/mol. The second kappa shape index (κ2) is 8.87. The summed E-state index contributed by atoms with van der Waals surface area (Å²) in [5.41, 5.74) is 4.69. The molecule has 1 aliphatic heterocycles. The number of aryl methyl sites for hydroxylation is 1. The minimum atomic E-state index is -0.908. The summed E-state index contributed by atoms with van der Waals surface area (Å²) in [6, 6.07) is 11.1. The summed E-state index contributed by atoms with van der Waals surface area (Å²) in [6.45, 7) is 1.07. The maximum atomic E-state index is 12.8. The van der Waals surface area contributed by atoms with Gasteiger partial charge in [-0.15, -0.1) is 0 Å². The van der Waals surface area contributed by atoms with Crippen LogP contribution >= 0.6 is 11.6 Å². The van der Waals surface area contributed by atoms with Crippen LogP contribution in [-0.2, 0) is 26.6 Å². The number of carboxylic acid groups (broad SMARTS) is 1. The van der Waals surface area contributed by atoms with Crippen molar-refractivity contribution in [3.05, 3.63) is 81.1 Å². The fraction of sp³-hybridized carbons (Fsp3) is 0.240. The zero-order valence-electron chi connectivity index (χ0n) is 18.5. The summed E-state index contributed by atoms with van der Waals surface area (Å²) in [5, 5.41) is 11.1. The maximum Gasteiger partial charge on any atom is 0.407 e. The summed E-state index contributed by atoms with van der Waals surface area (Å²) >= 11 is 5.90. The van der Waals surface area contributed by atoms with Crippen molar-refractivity contribution in [2.45, 2.75) is 26.0 Å². The van der Waals surface area contributed by atoms with Crippen LogP contribution < -0.4 is 10.3 Å². The lowest BCUT2D eigenvalue weighted by molar-refractivity contribution is 0.143. The normalized spacial score (nSPS) is 13.5. The van der Waals surface area contributed by atoms with E-state index in [-0.39, 0.29) is 12.2 Å². The zero-order chi connectivity index (χ0) is 23.8. The molecule has 0 atom stereocenters. The van der Waals surface area contributed by atoms with Gasteiger partial charge in [-0.05, 0) is 42.7 Å². The van der Waals surface area contributed by atoms with Gasteiger partial charge in [-0.1, -0.05) is 23.7 Å². The highest BCUT2D eigenvalue weighted by Crippen LogP contribution is 2.34. The molecule has 34 heavy (non-hydrogen) atoms. The molecule has 1 aromatic carbocycles. The predicted octanol–water partition coefficient (Wildman–Crippen LogP) is 4.59. The third-order valence-corrected chi connectivity index (χ3v) is 6.50. The molecule has 174 valence electrons. The van der Waals surface area contributed by atoms with Crippen molar-refractivity contribution < 1.29 is 14.6 Å². The molecule has 1 aliphatic rings. The topological polar surface area (TPSA) is 100 Å². The van der Waals surface area contributed by atoms with Crippen LogP contribution in [0, 0.1) is 0 Å². The molecule has 0 aliphatic carbocycles. The molecule has 9 heteroatoms. The number of amides is 1. The number of hydrogen-bond acceptors (Lipinski definition) is 4. The molecule has 0 fully saturated rings. The minimum Gasteiger partial charge on any atom is -0.486 e. The Morgan fingerprint density at radius 1 is 1.26 bits per heavy atom. The van der Waals surface area contributed by atoms with Gasteiger partial charge >= 0.3 is 6.09 Å². The molecular formula is C25H23ClN4O4. The van der Waals surface area contributed by atoms with Crippen molar-refractivity contribution in [3.63, 3.8) is 0 Å². The first-order valence-electron chi connectivity index (χ1n) is 11.0. The van der Waals surface area contributed by atoms with Gasteiger partial charge in [-0.2, -0.15) is 0 Å². The Kier molecular flexibility index (Phi) is 5.75. The van der Waals surface area contributed by atoms with E-state index in [0.29, 0.717) is 35.1 Å². The van der Waals surface area contributed by atoms with Crippen LogP contribution in [0.15, 0.2) is 53.6 Å². The van der Waals surface area contributed by atoms with Crippen LogP contribution in [0.3, 0.4) is 0 Å². The second-order valence-electron chi connectivity index (χ2n) is 8.33. The van der Waals surface area contributed by atoms with Crippen molar-refractivity contribution in [2.24, 2.45) is 7.05 Å². The number of aromatic nitrogens is 3. The van der Waals surface area contributed by atoms with Gasteiger partial charge in [-0.3, -0.25) is 9.78 Å². The highest BCUT2D eigenvalue weighted by Gasteiger charge is 2.24. The molecule has 4 heterocycles. The number of hydrogen-bond donors (Lipinski definition) is 2. The first-order chi connectivity index (χ1) is 16.4. The molecule has 5 rings (SSSR count). The number of pyridine rings is 2. The van der Waals surface area contributed by atoms with E-state index in [4.69, 9.17) is 16.3 Å². The first kappa shape index (κ1) is 22.0. The molecule has 0 bridgehead atoms. The summed E-state index contributed by atoms with van der Waals surface area (Å²) in [6.07, 6.45) is 3.77. The number of halogens is 1. The minimum absolute atomic E-state index is 0.194. The lowest BCUT2D eigenvalue weighted by atomic mass is 10.0. The number of fused-ring (bicyclic) bond motifs is 3. The zero-order valence-corrected chi connectivity index (χ0v) is 19.3. The lowest BCUT2D eigenvalue weighted by Gasteiger charge is -2.16. The average molecular weight is 479 g/mol. The number of H-pyrrole nitrogens is 1. The number of rotatable bonds is 4. The van der Waals surface area contributed by atoms with Crippen LogP contribution in [0.2, 0.25) is 5.02 Å². The Hall–Kier alpha value is -3.78. The van der Waals surface area contributed by atoms with E-state index in [1.807, 2.05) is 25.2 Å². The fourth-order valence-corrected chi connectivity index (χ4v) is 4.70. The molecular weight excluding hydrogens is 456 g/mol. The Morgan fingerprint density at radius 2 is 2.12 bits per heavy atom. The largest absolute Gasteiger partial charge is 0.486 e. The highest BCUT2D eigenvalue weighted by atomic mass is 35.5. The fourth-order valence-electron chi connectivity index (χ4n) is 4.59. The van der Waals surface area contributed by atoms with Gasteiger partial charge < -0.3 is 24.3 Å². The summed E-state index contributed by atoms with van der Waals surface area (Å²) in [7, 11) is 1.99. The molecule has 0 unspecified atom stereocenters. The Morgan fingerprint density at radius 3 is 2.88 bits per heavy atom. The molecule has 8 nitrogen and oxygen atoms in total. The molecule has 3 aromatic heterocycles. The SMILES string of the molecule is Cn1c2c(c3ccc(-c4c(OCc5ccc(Cl)cn5)cc[nH]c4=O)cc31)CN(C(=O)O)CCC2. The maximum absolute atomic E-state index is 12.8. The van der Waals surface area contributed by atoms with E-state index in [9.17, 15) is 14.7 Å². The van der Waals surface area contributed by atoms with Gasteiger partial charge in [0, 0.05) is 48.1 Å². The van der Waals surface area contributed by atoms with E-state index >= 15 is 0 Å². The lowest BCUT2D eigenvalue weighted by Crippen LogP contribution is -2.28. The number of aromatic amines is 1. The van der Waals surface area contributed by atoms with Gasteiger partial charge in [0.15, 0.2) is 0 Å². The van der Waals surface area contributed by atoms with Crippen molar-refractivity contribution in [1.29, 1.82) is 0 Å². The van der Waals surface area contributed by atoms with E-state index < -0.39 is 6.09 Å². The predicted molar refractivity (Wildman–Crippen MR) is 129 cm³/mol. The Bertz CT molecular complexity index is 1440. The van der Waals surface area contributed by atoms with Gasteiger partial charge in [0.1, 0.15) is 12.4 Å². The molecule has 4 aromatic rings. The van der Waals surface area contributed by atoms with Crippen LogP contribution in [0.25, 0.3) is 22.0 Å². The summed E-state index contributed by atoms with van der Waals surface area (Å²) in [5.74, 6) is 0.452. The first-order valence-corrected chi connectivity index (χ1v) is 11.3. The van der Waals surface area contributed by atoms with Crippen LogP contribution in [0.1, 0.15) is 23.4 Å². The molecule has 0 radical (unpaired) electrons. The van der Waals surface area contributed by atoms with Crippen molar-refractivity contribution in [3.8, 4) is 16.9 Å². The Labute approximate surface area is 200 Å². The molecule has 0 saturated carbocycles. The van der Waals surface area contributed by atoms with Crippen LogP contribution in [0.5, 0.6) is 5.75 Å². The molecule has 1 amide bonds. The quantitative estimate of drug-likeness (QED) is 0.447. The molecule has 0 spiro atoms. The standard InChI is InChI=1S/C25H23ClN4O4/c1-29-20-3-2-10-30(25(32)33)13-19(20)18-7-4-15(11-21(18)29)23-22(8-9-27-24(23)31)34-14-17-6-5-16(26)12-28-17/h4-9,11-12H,2-3,10,13-14H2,1H3,(H,27,31)(H,32,33). The number of nitrogens with one attached hydrogen (secondary N) is 1. The van der Waals surface area contributed by atoms with Crippen molar-refractivity contribution in [2.75, 3.05) is 6.54 Å². The van der Waals surface area contributed by atoms with Gasteiger partial charge in [0.05, 0.1) is 22.8 Å². The number of ether oxygens (including phenoxy) is 1. The third-order valence-electron chi connectivity index (χ3n) is 6.27. The van der Waals surface area contributed by atoms with Gasteiger partial charge in [-0.25, -0.2) is 4.79 Å². The number of nitrogens with zero attached hydrogens (tertiary/aromatic N) is 3. The highest BCUT2D eigenvalue weighted by molar-refractivity contribution is 6.30. The summed E-state index contributed by atoms with van der Waals surface area (Å²) < 4.78 is 8.08.